The summed E-state index contributed by atoms with van der Waals surface area (Å²) in [7, 11) is -3.33. The average molecular weight is 409 g/mol. The van der Waals surface area contributed by atoms with Gasteiger partial charge in [-0.3, -0.25) is 8.57 Å². The van der Waals surface area contributed by atoms with E-state index >= 15 is 0 Å². The molecule has 0 bridgehead atoms. The van der Waals surface area contributed by atoms with Crippen molar-refractivity contribution < 1.29 is 17.0 Å². The molecule has 27 heavy (non-hydrogen) atoms. The summed E-state index contributed by atoms with van der Waals surface area (Å²) in [6, 6.07) is 0. The second kappa shape index (κ2) is 20.6. The van der Waals surface area contributed by atoms with Gasteiger partial charge in [0.15, 0.2) is 0 Å². The third-order valence-electron chi connectivity index (χ3n) is 5.04. The topological polar surface area (TPSA) is 43.4 Å². The Morgan fingerprint density at radius 2 is 1.00 bits per heavy atom. The molecule has 164 valence electrons. The van der Waals surface area contributed by atoms with Crippen molar-refractivity contribution in [2.45, 2.75) is 122 Å². The quantitative estimate of drug-likeness (QED) is 0.139. The summed E-state index contributed by atoms with van der Waals surface area (Å²) < 4.78 is 40.8. The minimum Gasteiger partial charge on any atom is -0.270 e. The first kappa shape index (κ1) is 26.8. The van der Waals surface area contributed by atoms with Crippen LogP contribution in [0.1, 0.15) is 122 Å². The van der Waals surface area contributed by atoms with Gasteiger partial charge in [-0.1, -0.05) is 103 Å². The van der Waals surface area contributed by atoms with Gasteiger partial charge >= 0.3 is 0 Å². The van der Waals surface area contributed by atoms with Gasteiger partial charge in [0.2, 0.25) is 0 Å². The smallest absolute Gasteiger partial charge is 0.267 e. The number of hydrogen-bond acceptors (Lipinski definition) is 3. The summed E-state index contributed by atoms with van der Waals surface area (Å²) in [5, 5.41) is 0. The Hall–Kier alpha value is -0.160. The fourth-order valence-corrected chi connectivity index (χ4v) is 4.32. The zero-order valence-corrected chi connectivity index (χ0v) is 18.7. The third kappa shape index (κ3) is 22.0. The van der Waals surface area contributed by atoms with Gasteiger partial charge in [-0.2, -0.15) is 8.42 Å². The molecule has 0 amide bonds. The number of alkyl halides is 1. The van der Waals surface area contributed by atoms with Crippen LogP contribution in [0.4, 0.5) is 4.39 Å². The molecule has 0 aromatic rings. The van der Waals surface area contributed by atoms with Crippen molar-refractivity contribution in [2.24, 2.45) is 0 Å². The maximum absolute atomic E-state index is 11.9. The molecule has 0 aromatic heterocycles. The molecule has 0 fully saturated rings. The Balaban J connectivity index is 3.34. The fourth-order valence-electron chi connectivity index (χ4n) is 3.27. The molecule has 0 aliphatic heterocycles. The molecule has 0 aromatic carbocycles. The van der Waals surface area contributed by atoms with Crippen molar-refractivity contribution in [3.63, 3.8) is 0 Å². The van der Waals surface area contributed by atoms with E-state index in [0.29, 0.717) is 19.4 Å². The van der Waals surface area contributed by atoms with Crippen LogP contribution in [-0.2, 0) is 14.3 Å². The Morgan fingerprint density at radius 3 is 1.48 bits per heavy atom. The number of unbranched alkanes of at least 4 members (excludes halogenated alkanes) is 16. The first-order valence-corrected chi connectivity index (χ1v) is 13.1. The van der Waals surface area contributed by atoms with E-state index in [0.717, 1.165) is 44.9 Å². The van der Waals surface area contributed by atoms with Crippen molar-refractivity contribution in [1.29, 1.82) is 0 Å². The van der Waals surface area contributed by atoms with Gasteiger partial charge in [-0.15, -0.1) is 0 Å². The molecule has 3 nitrogen and oxygen atoms in total. The lowest BCUT2D eigenvalue weighted by molar-refractivity contribution is 0.305. The highest BCUT2D eigenvalue weighted by Crippen LogP contribution is 2.12. The lowest BCUT2D eigenvalue weighted by atomic mass is 10.1. The summed E-state index contributed by atoms with van der Waals surface area (Å²) in [5.41, 5.74) is 0. The highest BCUT2D eigenvalue weighted by molar-refractivity contribution is 7.86. The van der Waals surface area contributed by atoms with Crippen molar-refractivity contribution in [1.82, 2.24) is 0 Å². The predicted molar refractivity (Wildman–Crippen MR) is 114 cm³/mol. The van der Waals surface area contributed by atoms with Crippen LogP contribution in [-0.4, -0.2) is 27.5 Å². The van der Waals surface area contributed by atoms with E-state index in [1.165, 1.54) is 57.8 Å². The Kier molecular flexibility index (Phi) is 20.4. The second-order valence-electron chi connectivity index (χ2n) is 7.78. The highest BCUT2D eigenvalue weighted by Gasteiger charge is 2.10. The van der Waals surface area contributed by atoms with E-state index in [1.54, 1.807) is 0 Å². The van der Waals surface area contributed by atoms with Crippen LogP contribution in [0.3, 0.4) is 0 Å². The zero-order valence-electron chi connectivity index (χ0n) is 17.9. The van der Waals surface area contributed by atoms with Crippen LogP contribution in [0.5, 0.6) is 0 Å². The van der Waals surface area contributed by atoms with E-state index in [4.69, 9.17) is 4.18 Å². The summed E-state index contributed by atoms with van der Waals surface area (Å²) in [4.78, 5) is 0. The maximum atomic E-state index is 11.9. The monoisotopic (exact) mass is 408 g/mol. The second-order valence-corrected chi connectivity index (χ2v) is 9.54. The van der Waals surface area contributed by atoms with Gasteiger partial charge in [0.25, 0.3) is 10.1 Å². The molecule has 0 aliphatic carbocycles. The molecule has 5 heteroatoms. The van der Waals surface area contributed by atoms with Gasteiger partial charge < -0.3 is 0 Å². The minimum absolute atomic E-state index is 0.154. The van der Waals surface area contributed by atoms with Gasteiger partial charge in [-0.05, 0) is 19.3 Å². The zero-order chi connectivity index (χ0) is 20.1. The van der Waals surface area contributed by atoms with E-state index in [9.17, 15) is 12.8 Å². The molecule has 0 heterocycles. The molecule has 0 aliphatic rings. The molecule has 0 saturated heterocycles. The van der Waals surface area contributed by atoms with Gasteiger partial charge in [0, 0.05) is 0 Å². The van der Waals surface area contributed by atoms with E-state index in [2.05, 4.69) is 6.92 Å². The standard InChI is InChI=1S/C22H45FO3S/c1-2-3-4-5-6-9-12-15-18-21-26-27(24,25)22-19-16-13-10-7-8-11-14-17-20-23/h2-22H2,1H3. The van der Waals surface area contributed by atoms with Crippen molar-refractivity contribution in [2.75, 3.05) is 19.0 Å². The summed E-state index contributed by atoms with van der Waals surface area (Å²) in [5.74, 6) is 0.154. The van der Waals surface area contributed by atoms with Crippen LogP contribution in [0.2, 0.25) is 0 Å². The van der Waals surface area contributed by atoms with Crippen LogP contribution in [0, 0.1) is 0 Å². The van der Waals surface area contributed by atoms with Crippen LogP contribution in [0.25, 0.3) is 0 Å². The Morgan fingerprint density at radius 1 is 0.593 bits per heavy atom. The maximum Gasteiger partial charge on any atom is 0.267 e. The van der Waals surface area contributed by atoms with Gasteiger partial charge in [0.05, 0.1) is 19.0 Å². The molecule has 0 saturated carbocycles. The van der Waals surface area contributed by atoms with E-state index in [-0.39, 0.29) is 12.4 Å². The average Bonchev–Trinajstić information content (AvgIpc) is 2.64. The highest BCUT2D eigenvalue weighted by atomic mass is 32.2. The number of rotatable bonds is 22. The molecule has 0 atom stereocenters. The fraction of sp³-hybridized carbons (Fsp3) is 1.00. The van der Waals surface area contributed by atoms with Crippen LogP contribution >= 0.6 is 0 Å². The lowest BCUT2D eigenvalue weighted by Gasteiger charge is -2.06. The number of halogens is 1. The lowest BCUT2D eigenvalue weighted by Crippen LogP contribution is -2.11. The number of hydrogen-bond donors (Lipinski definition) is 0. The molecule has 0 spiro atoms. The van der Waals surface area contributed by atoms with Crippen LogP contribution < -0.4 is 0 Å². The molecule has 0 radical (unpaired) electrons. The summed E-state index contributed by atoms with van der Waals surface area (Å²) in [6.45, 7) is 2.38. The molecule has 0 rings (SSSR count). The first-order chi connectivity index (χ1) is 13.1. The summed E-state index contributed by atoms with van der Waals surface area (Å²) >= 11 is 0. The van der Waals surface area contributed by atoms with E-state index in [1.807, 2.05) is 0 Å². The van der Waals surface area contributed by atoms with Crippen molar-refractivity contribution in [3.8, 4) is 0 Å². The Labute approximate surface area is 169 Å². The van der Waals surface area contributed by atoms with Gasteiger partial charge in [-0.25, -0.2) is 0 Å². The molecule has 0 unspecified atom stereocenters. The van der Waals surface area contributed by atoms with Gasteiger partial charge in [0.1, 0.15) is 0 Å². The molecule has 0 N–H and O–H groups in total. The molecular formula is C22H45FO3S. The summed E-state index contributed by atoms with van der Waals surface area (Å²) in [6.07, 6.45) is 20.0. The first-order valence-electron chi connectivity index (χ1n) is 11.6. The van der Waals surface area contributed by atoms with Crippen molar-refractivity contribution >= 4 is 10.1 Å². The van der Waals surface area contributed by atoms with E-state index < -0.39 is 10.1 Å². The predicted octanol–water partition coefficient (Wildman–Crippen LogP) is 7.34. The Bertz CT molecular complexity index is 355. The third-order valence-corrected chi connectivity index (χ3v) is 6.35. The normalized spacial score (nSPS) is 11.9. The molecular weight excluding hydrogens is 363 g/mol. The van der Waals surface area contributed by atoms with Crippen LogP contribution in [0.15, 0.2) is 0 Å². The minimum atomic E-state index is -3.33. The van der Waals surface area contributed by atoms with Crippen molar-refractivity contribution in [3.05, 3.63) is 0 Å². The SMILES string of the molecule is CCCCCCCCCCCOS(=O)(=O)CCCCCCCCCCCF. The largest absolute Gasteiger partial charge is 0.270 e.